The summed E-state index contributed by atoms with van der Waals surface area (Å²) in [6.07, 6.45) is 1.55. The molecule has 0 atom stereocenters. The van der Waals surface area contributed by atoms with E-state index in [-0.39, 0.29) is 11.9 Å². The predicted octanol–water partition coefficient (Wildman–Crippen LogP) is 1.46. The number of amides is 3. The van der Waals surface area contributed by atoms with Gasteiger partial charge in [0, 0.05) is 6.54 Å². The number of carbonyl (C=O) groups is 2. The molecular formula is C11H18N2O2S. The first-order valence-corrected chi connectivity index (χ1v) is 6.92. The Morgan fingerprint density at radius 2 is 2.00 bits per heavy atom. The predicted molar refractivity (Wildman–Crippen MR) is 64.4 cm³/mol. The van der Waals surface area contributed by atoms with Gasteiger partial charge in [0.15, 0.2) is 0 Å². The van der Waals surface area contributed by atoms with E-state index < -0.39 is 5.54 Å². The number of thioether (sulfide) groups is 1. The van der Waals surface area contributed by atoms with E-state index in [9.17, 15) is 9.59 Å². The molecule has 0 aromatic heterocycles. The summed E-state index contributed by atoms with van der Waals surface area (Å²) >= 11 is 1.85. The van der Waals surface area contributed by atoms with Crippen molar-refractivity contribution in [1.29, 1.82) is 0 Å². The number of hydrogen-bond acceptors (Lipinski definition) is 3. The first kappa shape index (κ1) is 11.8. The molecule has 0 aromatic carbocycles. The van der Waals surface area contributed by atoms with Crippen molar-refractivity contribution in [3.05, 3.63) is 0 Å². The first-order chi connectivity index (χ1) is 7.55. The zero-order chi connectivity index (χ0) is 11.8. The molecule has 16 heavy (non-hydrogen) atoms. The molecule has 0 aromatic rings. The first-order valence-electron chi connectivity index (χ1n) is 5.77. The molecule has 0 radical (unpaired) electrons. The molecule has 90 valence electrons. The summed E-state index contributed by atoms with van der Waals surface area (Å²) in [6.45, 7) is 4.56. The molecule has 0 bridgehead atoms. The fourth-order valence-corrected chi connectivity index (χ4v) is 3.46. The second kappa shape index (κ2) is 4.28. The lowest BCUT2D eigenvalue weighted by molar-refractivity contribution is -0.131. The summed E-state index contributed by atoms with van der Waals surface area (Å²) < 4.78 is 0. The highest BCUT2D eigenvalue weighted by Gasteiger charge is 2.51. The van der Waals surface area contributed by atoms with Crippen LogP contribution < -0.4 is 5.32 Å². The van der Waals surface area contributed by atoms with Crippen molar-refractivity contribution in [3.63, 3.8) is 0 Å². The maximum atomic E-state index is 12.3. The van der Waals surface area contributed by atoms with Gasteiger partial charge in [0.25, 0.3) is 5.91 Å². The fraction of sp³-hybridized carbons (Fsp3) is 0.818. The minimum absolute atomic E-state index is 0.00787. The average molecular weight is 242 g/mol. The average Bonchev–Trinajstić information content (AvgIpc) is 2.44. The molecule has 2 saturated heterocycles. The molecule has 2 fully saturated rings. The van der Waals surface area contributed by atoms with Crippen LogP contribution in [0.25, 0.3) is 0 Å². The molecule has 5 heteroatoms. The zero-order valence-electron chi connectivity index (χ0n) is 9.78. The zero-order valence-corrected chi connectivity index (χ0v) is 10.6. The highest BCUT2D eigenvalue weighted by molar-refractivity contribution is 7.99. The van der Waals surface area contributed by atoms with Gasteiger partial charge in [0.05, 0.1) is 0 Å². The van der Waals surface area contributed by atoms with Gasteiger partial charge in [0.2, 0.25) is 0 Å². The molecule has 2 rings (SSSR count). The summed E-state index contributed by atoms with van der Waals surface area (Å²) in [5.74, 6) is 2.23. The van der Waals surface area contributed by atoms with Crippen LogP contribution in [0, 0.1) is 5.92 Å². The topological polar surface area (TPSA) is 49.4 Å². The summed E-state index contributed by atoms with van der Waals surface area (Å²) in [6, 6.07) is -0.203. The highest BCUT2D eigenvalue weighted by Crippen LogP contribution is 2.32. The molecule has 4 nitrogen and oxygen atoms in total. The number of urea groups is 1. The summed E-state index contributed by atoms with van der Waals surface area (Å²) in [7, 11) is 0. The van der Waals surface area contributed by atoms with Crippen LogP contribution in [0.4, 0.5) is 4.79 Å². The molecule has 1 N–H and O–H groups in total. The normalized spacial score (nSPS) is 24.3. The van der Waals surface area contributed by atoms with Crippen molar-refractivity contribution >= 4 is 23.7 Å². The van der Waals surface area contributed by atoms with Gasteiger partial charge in [-0.15, -0.1) is 0 Å². The number of nitrogens with one attached hydrogen (secondary N) is 1. The van der Waals surface area contributed by atoms with Gasteiger partial charge in [-0.1, -0.05) is 13.8 Å². The van der Waals surface area contributed by atoms with Crippen LogP contribution in [-0.2, 0) is 4.79 Å². The number of carbonyl (C=O) groups excluding carboxylic acids is 2. The quantitative estimate of drug-likeness (QED) is 0.746. The number of hydrogen-bond donors (Lipinski definition) is 1. The van der Waals surface area contributed by atoms with E-state index in [2.05, 4.69) is 5.32 Å². The lowest BCUT2D eigenvalue weighted by Crippen LogP contribution is -2.49. The van der Waals surface area contributed by atoms with E-state index >= 15 is 0 Å². The van der Waals surface area contributed by atoms with E-state index in [0.717, 1.165) is 24.3 Å². The maximum Gasteiger partial charge on any atom is 0.325 e. The molecule has 2 aliphatic rings. The smallest absolute Gasteiger partial charge is 0.323 e. The Morgan fingerprint density at radius 3 is 2.56 bits per heavy atom. The lowest BCUT2D eigenvalue weighted by Gasteiger charge is -2.30. The van der Waals surface area contributed by atoms with Gasteiger partial charge in [-0.05, 0) is 30.3 Å². The fourth-order valence-electron chi connectivity index (χ4n) is 2.27. The Kier molecular flexibility index (Phi) is 3.15. The summed E-state index contributed by atoms with van der Waals surface area (Å²) in [5.41, 5.74) is -0.572. The second-order valence-electron chi connectivity index (χ2n) is 4.93. The Hall–Kier alpha value is -0.710. The molecule has 2 heterocycles. The van der Waals surface area contributed by atoms with Crippen molar-refractivity contribution in [1.82, 2.24) is 10.2 Å². The van der Waals surface area contributed by atoms with Crippen LogP contribution in [0.2, 0.25) is 0 Å². The van der Waals surface area contributed by atoms with Crippen molar-refractivity contribution in [2.45, 2.75) is 32.2 Å². The largest absolute Gasteiger partial charge is 0.325 e. The standard InChI is InChI=1S/C11H18N2O2S/c1-8(2)7-13-9(14)11(12-10(13)15)3-5-16-6-4-11/h8H,3-7H2,1-2H3,(H,12,15). The Morgan fingerprint density at radius 1 is 1.38 bits per heavy atom. The third kappa shape index (κ3) is 1.93. The maximum absolute atomic E-state index is 12.3. The SMILES string of the molecule is CC(C)CN1C(=O)NC2(CCSCC2)C1=O. The Bertz CT molecular complexity index is 311. The molecule has 0 aliphatic carbocycles. The monoisotopic (exact) mass is 242 g/mol. The molecular weight excluding hydrogens is 224 g/mol. The van der Waals surface area contributed by atoms with Crippen LogP contribution >= 0.6 is 11.8 Å². The van der Waals surface area contributed by atoms with Crippen molar-refractivity contribution in [3.8, 4) is 0 Å². The van der Waals surface area contributed by atoms with Crippen LogP contribution in [0.3, 0.4) is 0 Å². The van der Waals surface area contributed by atoms with E-state index in [4.69, 9.17) is 0 Å². The van der Waals surface area contributed by atoms with E-state index in [0.29, 0.717) is 12.5 Å². The Labute approximate surface area is 100 Å². The second-order valence-corrected chi connectivity index (χ2v) is 6.16. The molecule has 0 saturated carbocycles. The van der Waals surface area contributed by atoms with Gasteiger partial charge in [-0.3, -0.25) is 9.69 Å². The lowest BCUT2D eigenvalue weighted by atomic mass is 9.92. The van der Waals surface area contributed by atoms with E-state index in [1.807, 2.05) is 25.6 Å². The van der Waals surface area contributed by atoms with Crippen LogP contribution in [0.15, 0.2) is 0 Å². The van der Waals surface area contributed by atoms with Crippen molar-refractivity contribution in [2.75, 3.05) is 18.1 Å². The highest BCUT2D eigenvalue weighted by atomic mass is 32.2. The van der Waals surface area contributed by atoms with Crippen LogP contribution in [0.5, 0.6) is 0 Å². The minimum Gasteiger partial charge on any atom is -0.323 e. The Balaban J connectivity index is 2.14. The van der Waals surface area contributed by atoms with Crippen LogP contribution in [0.1, 0.15) is 26.7 Å². The van der Waals surface area contributed by atoms with Gasteiger partial charge < -0.3 is 5.32 Å². The van der Waals surface area contributed by atoms with Crippen molar-refractivity contribution < 1.29 is 9.59 Å². The van der Waals surface area contributed by atoms with Gasteiger partial charge in [0.1, 0.15) is 5.54 Å². The van der Waals surface area contributed by atoms with Crippen molar-refractivity contribution in [2.24, 2.45) is 5.92 Å². The van der Waals surface area contributed by atoms with E-state index in [1.54, 1.807) is 0 Å². The van der Waals surface area contributed by atoms with E-state index in [1.165, 1.54) is 4.90 Å². The molecule has 1 spiro atoms. The molecule has 3 amide bonds. The summed E-state index contributed by atoms with van der Waals surface area (Å²) in [5, 5.41) is 2.90. The molecule has 0 unspecified atom stereocenters. The molecule has 2 aliphatic heterocycles. The third-order valence-corrected chi connectivity index (χ3v) is 4.13. The number of imide groups is 1. The number of rotatable bonds is 2. The minimum atomic E-state index is -0.572. The summed E-state index contributed by atoms with van der Waals surface area (Å²) in [4.78, 5) is 25.4. The van der Waals surface area contributed by atoms with Gasteiger partial charge in [-0.2, -0.15) is 11.8 Å². The number of nitrogens with zero attached hydrogens (tertiary/aromatic N) is 1. The van der Waals surface area contributed by atoms with Gasteiger partial charge in [-0.25, -0.2) is 4.79 Å². The third-order valence-electron chi connectivity index (χ3n) is 3.14. The van der Waals surface area contributed by atoms with Crippen LogP contribution in [-0.4, -0.2) is 40.4 Å². The van der Waals surface area contributed by atoms with Gasteiger partial charge >= 0.3 is 6.03 Å².